The van der Waals surface area contributed by atoms with E-state index in [-0.39, 0.29) is 37.6 Å². The van der Waals surface area contributed by atoms with Crippen LogP contribution in [0.4, 0.5) is 4.79 Å². The molecule has 0 spiro atoms. The third-order valence-corrected chi connectivity index (χ3v) is 12.5. The lowest BCUT2D eigenvalue weighted by molar-refractivity contribution is -0.302. The van der Waals surface area contributed by atoms with Crippen LogP contribution in [0.1, 0.15) is 94.1 Å². The number of alkyl carbamates (subject to hydrolysis) is 1. The molecule has 0 saturated carbocycles. The molecule has 1 aromatic carbocycles. The van der Waals surface area contributed by atoms with E-state index in [4.69, 9.17) is 33.3 Å². The molecule has 0 radical (unpaired) electrons. The Hall–Kier alpha value is -3.14. The first kappa shape index (κ1) is 45.0. The van der Waals surface area contributed by atoms with Gasteiger partial charge in [0.25, 0.3) is 0 Å². The first-order valence-corrected chi connectivity index (χ1v) is 20.7. The number of oxime groups is 1. The van der Waals surface area contributed by atoms with E-state index >= 15 is 0 Å². The minimum Gasteiger partial charge on any atom is -0.458 e. The topological polar surface area (TPSA) is 164 Å². The maximum Gasteiger partial charge on any atom is 0.408 e. The highest BCUT2D eigenvalue weighted by atomic mass is 16.7. The van der Waals surface area contributed by atoms with Crippen molar-refractivity contribution in [2.75, 3.05) is 27.3 Å². The van der Waals surface area contributed by atoms with Crippen molar-refractivity contribution < 1.29 is 52.7 Å². The van der Waals surface area contributed by atoms with Gasteiger partial charge in [-0.3, -0.25) is 9.59 Å². The summed E-state index contributed by atoms with van der Waals surface area (Å²) in [7, 11) is 3.81. The van der Waals surface area contributed by atoms with E-state index in [0.29, 0.717) is 30.2 Å². The number of amides is 1. The predicted molar refractivity (Wildman–Crippen MR) is 213 cm³/mol. The summed E-state index contributed by atoms with van der Waals surface area (Å²) in [6.07, 6.45) is -3.54. The largest absolute Gasteiger partial charge is 0.458 e. The molecular weight excluding hydrogens is 734 g/mol. The summed E-state index contributed by atoms with van der Waals surface area (Å²) < 4.78 is 38.8. The summed E-state index contributed by atoms with van der Waals surface area (Å²) in [5.74, 6) is -2.44. The molecule has 5 rings (SSSR count). The van der Waals surface area contributed by atoms with E-state index in [0.717, 1.165) is 6.42 Å². The lowest BCUT2D eigenvalue weighted by Crippen LogP contribution is -2.60. The van der Waals surface area contributed by atoms with Gasteiger partial charge in [-0.05, 0) is 91.1 Å². The Morgan fingerprint density at radius 2 is 1.70 bits per heavy atom. The highest BCUT2D eigenvalue weighted by Crippen LogP contribution is 2.42. The Kier molecular flexibility index (Phi) is 14.5. The maximum atomic E-state index is 14.5. The van der Waals surface area contributed by atoms with E-state index in [2.05, 4.69) is 24.3 Å². The minimum absolute atomic E-state index is 0.0484. The Bertz CT molecular complexity index is 1590. The third kappa shape index (κ3) is 10.0. The van der Waals surface area contributed by atoms with Crippen molar-refractivity contribution in [3.63, 3.8) is 0 Å². The van der Waals surface area contributed by atoms with Gasteiger partial charge in [0.1, 0.15) is 23.7 Å². The van der Waals surface area contributed by atoms with E-state index in [1.807, 2.05) is 77.9 Å². The number of hydrogen-bond donors (Lipinski definition) is 2. The quantitative estimate of drug-likeness (QED) is 0.258. The zero-order valence-corrected chi connectivity index (χ0v) is 36.0. The summed E-state index contributed by atoms with van der Waals surface area (Å²) in [6, 6.07) is 6.74. The van der Waals surface area contributed by atoms with Gasteiger partial charge in [0.2, 0.25) is 0 Å². The molecule has 0 aliphatic carbocycles. The van der Waals surface area contributed by atoms with Crippen LogP contribution in [0.25, 0.3) is 0 Å². The number of fused-ring (bicyclic) bond motifs is 4. The van der Waals surface area contributed by atoms with Crippen molar-refractivity contribution in [3.8, 4) is 5.75 Å². The molecule has 0 unspecified atom stereocenters. The number of aliphatic hydroxyl groups is 1. The summed E-state index contributed by atoms with van der Waals surface area (Å²) >= 11 is 0. The fraction of sp³-hybridized carbons (Fsp3) is 0.767. The molecule has 57 heavy (non-hydrogen) atoms. The second kappa shape index (κ2) is 18.4. The molecule has 1 aromatic rings. The Balaban J connectivity index is 1.59. The molecule has 4 aliphatic rings. The van der Waals surface area contributed by atoms with Crippen LogP contribution in [0.3, 0.4) is 0 Å². The zero-order valence-electron chi connectivity index (χ0n) is 36.0. The molecule has 320 valence electrons. The average Bonchev–Trinajstić information content (AvgIpc) is 3.48. The normalized spacial score (nSPS) is 40.4. The van der Waals surface area contributed by atoms with Gasteiger partial charge < -0.3 is 48.6 Å². The monoisotopic (exact) mass is 801 g/mol. The van der Waals surface area contributed by atoms with Gasteiger partial charge in [0.15, 0.2) is 17.6 Å². The number of carbonyl (C=O) groups is 3. The lowest BCUT2D eigenvalue weighted by atomic mass is 9.73. The van der Waals surface area contributed by atoms with Crippen LogP contribution in [0.5, 0.6) is 5.75 Å². The number of hydrogen-bond acceptors (Lipinski definition) is 13. The van der Waals surface area contributed by atoms with Crippen molar-refractivity contribution in [3.05, 3.63) is 29.8 Å². The van der Waals surface area contributed by atoms with Crippen LogP contribution >= 0.6 is 0 Å². The number of esters is 1. The molecule has 14 heteroatoms. The molecule has 1 amide bonds. The summed E-state index contributed by atoms with van der Waals surface area (Å²) in [5, 5.41) is 19.0. The van der Waals surface area contributed by atoms with Crippen LogP contribution < -0.4 is 10.2 Å². The third-order valence-electron chi connectivity index (χ3n) is 12.5. The maximum absolute atomic E-state index is 14.5. The summed E-state index contributed by atoms with van der Waals surface area (Å²) in [5.41, 5.74) is -0.951. The van der Waals surface area contributed by atoms with Crippen molar-refractivity contribution in [1.82, 2.24) is 10.2 Å². The first-order chi connectivity index (χ1) is 26.8. The number of ether oxygens (including phenoxy) is 6. The number of Topliss-reactive ketones (excluding diaryl/α,β-unsaturated/α-hetero) is 1. The van der Waals surface area contributed by atoms with Gasteiger partial charge in [-0.2, -0.15) is 0 Å². The number of cyclic esters (lactones) is 1. The summed E-state index contributed by atoms with van der Waals surface area (Å²) in [6.45, 7) is 18.9. The van der Waals surface area contributed by atoms with Crippen LogP contribution in [0.15, 0.2) is 29.4 Å². The summed E-state index contributed by atoms with van der Waals surface area (Å²) in [4.78, 5) is 49.5. The second-order valence-corrected chi connectivity index (χ2v) is 18.0. The van der Waals surface area contributed by atoms with Crippen LogP contribution in [-0.4, -0.2) is 121 Å². The number of benzene rings is 1. The van der Waals surface area contributed by atoms with Crippen molar-refractivity contribution in [2.24, 2.45) is 34.7 Å². The van der Waals surface area contributed by atoms with Gasteiger partial charge in [0, 0.05) is 23.8 Å². The van der Waals surface area contributed by atoms with E-state index in [1.54, 1.807) is 20.8 Å². The molecule has 4 fully saturated rings. The fourth-order valence-electron chi connectivity index (χ4n) is 9.37. The van der Waals surface area contributed by atoms with Crippen LogP contribution in [-0.2, 0) is 44.4 Å². The minimum atomic E-state index is -1.32. The molecule has 2 bridgehead atoms. The van der Waals surface area contributed by atoms with Crippen LogP contribution in [0.2, 0.25) is 0 Å². The van der Waals surface area contributed by atoms with Gasteiger partial charge in [-0.25, -0.2) is 4.79 Å². The number of nitrogens with one attached hydrogen (secondary N) is 1. The molecule has 4 aliphatic heterocycles. The number of carbonyl (C=O) groups excluding carboxylic acids is 3. The Morgan fingerprint density at radius 1 is 1.02 bits per heavy atom. The highest BCUT2D eigenvalue weighted by Gasteiger charge is 2.57. The SMILES string of the molecule is CC[C@H]1OC(=O)[C@H](C)[C@H]2OC/C(=N/Oc3ccc(CC(C)C)cc3)CO[C@](C)(C[C@@H](C)C(=O)[C@H](C)[C@@H]3NC(=O)O[C@@]13C)[C@H](O[C@@H]1O[C@H](C)C[C@H](N(C)C)[C@H]1O)[C@@H]2C. The van der Waals surface area contributed by atoms with Gasteiger partial charge >= 0.3 is 12.1 Å². The van der Waals surface area contributed by atoms with E-state index in [1.165, 1.54) is 5.56 Å². The molecular formula is C43H67N3O11. The molecule has 0 aromatic heterocycles. The van der Waals surface area contributed by atoms with Gasteiger partial charge in [-0.15, -0.1) is 0 Å². The predicted octanol–water partition coefficient (Wildman–Crippen LogP) is 5.31. The molecule has 14 atom stereocenters. The van der Waals surface area contributed by atoms with Crippen molar-refractivity contribution >= 4 is 23.6 Å². The Labute approximate surface area is 338 Å². The lowest BCUT2D eigenvalue weighted by Gasteiger charge is -2.48. The molecule has 2 N–H and O–H groups in total. The highest BCUT2D eigenvalue weighted by molar-refractivity contribution is 5.87. The number of likely N-dealkylation sites (N-methyl/N-ethyl adjacent to an activating group) is 1. The van der Waals surface area contributed by atoms with E-state index in [9.17, 15) is 19.5 Å². The number of rotatable bonds is 8. The average molecular weight is 802 g/mol. The zero-order chi connectivity index (χ0) is 42.0. The van der Waals surface area contributed by atoms with Gasteiger partial charge in [0.05, 0.1) is 49.1 Å². The number of ketones is 1. The van der Waals surface area contributed by atoms with E-state index < -0.39 is 83.7 Å². The second-order valence-electron chi connectivity index (χ2n) is 18.0. The van der Waals surface area contributed by atoms with Gasteiger partial charge in [-0.1, -0.05) is 58.8 Å². The number of nitrogens with zero attached hydrogens (tertiary/aromatic N) is 2. The standard InChI is InChI=1S/C43H67N3O11/c1-13-33-43(10)37(44-41(50)56-43)26(6)34(47)24(4)20-42(9)38(55-40-35(48)32(46(11)12)19-25(5)53-40)27(7)36(28(8)39(49)54-33)51-21-30(22-52-42)45-57-31-16-14-29(15-17-31)18-23(2)3/h14-17,23-28,32-33,35-38,40,48H,13,18-22H2,1-12H3,(H,44,50)/b45-30-/t24-,25-,26+,27-,28-,32+,33-,35-,36+,37+,38-,40+,42-,43+/m1/s1. The molecule has 14 nitrogen and oxygen atoms in total. The number of aliphatic hydroxyl groups excluding tert-OH is 1. The first-order valence-electron chi connectivity index (χ1n) is 20.7. The van der Waals surface area contributed by atoms with Crippen molar-refractivity contribution in [2.45, 2.75) is 155 Å². The Morgan fingerprint density at radius 3 is 2.33 bits per heavy atom. The molecule has 4 saturated heterocycles. The molecule has 4 heterocycles. The fourth-order valence-corrected chi connectivity index (χ4v) is 9.37. The van der Waals surface area contributed by atoms with Crippen molar-refractivity contribution in [1.29, 1.82) is 0 Å². The smallest absolute Gasteiger partial charge is 0.408 e. The van der Waals surface area contributed by atoms with Crippen LogP contribution in [0, 0.1) is 29.6 Å².